The van der Waals surface area contributed by atoms with Gasteiger partial charge in [0.25, 0.3) is 10.0 Å². The Morgan fingerprint density at radius 3 is 2.18 bits per heavy atom. The lowest BCUT2D eigenvalue weighted by molar-refractivity contribution is -0.139. The number of guanidine groups is 1. The second kappa shape index (κ2) is 11.5. The third kappa shape index (κ3) is 6.02. The van der Waals surface area contributed by atoms with Crippen molar-refractivity contribution in [1.82, 2.24) is 9.47 Å². The van der Waals surface area contributed by atoms with Gasteiger partial charge in [0, 0.05) is 43.8 Å². The summed E-state index contributed by atoms with van der Waals surface area (Å²) in [6.07, 6.45) is -4.12. The highest BCUT2D eigenvalue weighted by atomic mass is 32.2. The van der Waals surface area contributed by atoms with Crippen molar-refractivity contribution in [3.8, 4) is 5.69 Å². The Hall–Kier alpha value is -5.06. The first-order chi connectivity index (χ1) is 21.1. The number of piperazine rings is 1. The molecule has 1 saturated heterocycles. The fourth-order valence-corrected chi connectivity index (χ4v) is 6.11. The molecule has 1 fully saturated rings. The Bertz CT molecular complexity index is 2040. The lowest BCUT2D eigenvalue weighted by atomic mass is 10.1. The smallest absolute Gasteiger partial charge is 0.417 e. The molecule has 3 aromatic carbocycles. The van der Waals surface area contributed by atoms with Gasteiger partial charge >= 0.3 is 12.1 Å². The zero-order valence-electron chi connectivity index (χ0n) is 22.7. The van der Waals surface area contributed by atoms with E-state index in [4.69, 9.17) is 5.73 Å². The summed E-state index contributed by atoms with van der Waals surface area (Å²) in [4.78, 5) is 26.3. The van der Waals surface area contributed by atoms with Gasteiger partial charge in [-0.3, -0.25) is 4.79 Å². The summed E-state index contributed by atoms with van der Waals surface area (Å²) in [5, 5.41) is 9.12. The Balaban J connectivity index is 1.47. The zero-order chi connectivity index (χ0) is 32.8. The van der Waals surface area contributed by atoms with Crippen molar-refractivity contribution in [3.05, 3.63) is 99.6 Å². The molecule has 5 rings (SSSR count). The van der Waals surface area contributed by atoms with Crippen molar-refractivity contribution in [2.75, 3.05) is 31.1 Å². The predicted molar refractivity (Wildman–Crippen MR) is 150 cm³/mol. The summed E-state index contributed by atoms with van der Waals surface area (Å²) < 4.78 is 114. The Morgan fingerprint density at radius 2 is 1.56 bits per heavy atom. The Kier molecular flexibility index (Phi) is 7.99. The molecule has 3 N–H and O–H groups in total. The number of hydrogen-bond donors (Lipinski definition) is 2. The van der Waals surface area contributed by atoms with Crippen LogP contribution in [0, 0.1) is 17.5 Å². The molecular weight excluding hydrogens is 632 g/mol. The van der Waals surface area contributed by atoms with Gasteiger partial charge in [-0.1, -0.05) is 12.1 Å². The van der Waals surface area contributed by atoms with Gasteiger partial charge < -0.3 is 25.2 Å². The summed E-state index contributed by atoms with van der Waals surface area (Å²) in [6, 6.07) is 7.96. The number of pyridine rings is 1. The summed E-state index contributed by atoms with van der Waals surface area (Å²) in [5.41, 5.74) is 2.12. The molecule has 236 valence electrons. The van der Waals surface area contributed by atoms with Gasteiger partial charge in [0.05, 0.1) is 22.5 Å². The lowest BCUT2D eigenvalue weighted by Crippen LogP contribution is -2.51. The van der Waals surface area contributed by atoms with Gasteiger partial charge in [-0.05, 0) is 36.4 Å². The van der Waals surface area contributed by atoms with Crippen LogP contribution in [0.4, 0.5) is 32.0 Å². The van der Waals surface area contributed by atoms with Crippen LogP contribution in [0.3, 0.4) is 0 Å². The molecule has 1 aliphatic rings. The summed E-state index contributed by atoms with van der Waals surface area (Å²) in [7, 11) is -4.87. The van der Waals surface area contributed by atoms with E-state index in [1.807, 2.05) is 0 Å². The average Bonchev–Trinajstić information content (AvgIpc) is 2.97. The van der Waals surface area contributed by atoms with Gasteiger partial charge in [-0.15, -0.1) is 4.40 Å². The highest BCUT2D eigenvalue weighted by Gasteiger charge is 2.37. The van der Waals surface area contributed by atoms with Crippen LogP contribution >= 0.6 is 0 Å². The number of halogens is 6. The van der Waals surface area contributed by atoms with Crippen LogP contribution < -0.4 is 16.1 Å². The third-order valence-corrected chi connectivity index (χ3v) is 8.44. The minimum Gasteiger partial charge on any atom is -0.477 e. The van der Waals surface area contributed by atoms with E-state index in [-0.39, 0.29) is 48.5 Å². The maximum atomic E-state index is 15.4. The molecule has 0 amide bonds. The number of benzene rings is 3. The van der Waals surface area contributed by atoms with Crippen molar-refractivity contribution in [1.29, 1.82) is 0 Å². The first-order valence-corrected chi connectivity index (χ1v) is 14.4. The van der Waals surface area contributed by atoms with Crippen LogP contribution in [0.1, 0.15) is 15.9 Å². The number of nitrogens with two attached hydrogens (primary N) is 1. The molecule has 1 aromatic heterocycles. The molecule has 1 aliphatic heterocycles. The summed E-state index contributed by atoms with van der Waals surface area (Å²) in [5.74, 6) is -5.17. The Morgan fingerprint density at radius 1 is 0.911 bits per heavy atom. The van der Waals surface area contributed by atoms with Gasteiger partial charge in [0.2, 0.25) is 11.4 Å². The largest absolute Gasteiger partial charge is 0.477 e. The molecule has 17 heteroatoms. The molecule has 45 heavy (non-hydrogen) atoms. The zero-order valence-corrected chi connectivity index (χ0v) is 23.5. The van der Waals surface area contributed by atoms with Crippen LogP contribution in [0.2, 0.25) is 0 Å². The number of hydrogen-bond acceptors (Lipinski definition) is 5. The molecule has 4 aromatic rings. The minimum absolute atomic E-state index is 0.0137. The summed E-state index contributed by atoms with van der Waals surface area (Å²) in [6.45, 7) is -0.137. The van der Waals surface area contributed by atoms with E-state index in [9.17, 15) is 45.1 Å². The van der Waals surface area contributed by atoms with Gasteiger partial charge in [0.15, 0.2) is 0 Å². The van der Waals surface area contributed by atoms with Crippen molar-refractivity contribution >= 4 is 38.5 Å². The number of rotatable bonds is 5. The predicted octanol–water partition coefficient (Wildman–Crippen LogP) is 3.95. The van der Waals surface area contributed by atoms with Crippen molar-refractivity contribution in [3.63, 3.8) is 0 Å². The highest BCUT2D eigenvalue weighted by Crippen LogP contribution is 2.35. The fourth-order valence-electron chi connectivity index (χ4n) is 4.94. The average molecular weight is 654 g/mol. The van der Waals surface area contributed by atoms with Crippen LogP contribution in [-0.4, -0.2) is 61.1 Å². The maximum absolute atomic E-state index is 15.4. The van der Waals surface area contributed by atoms with Crippen LogP contribution in [0.5, 0.6) is 0 Å². The molecule has 0 bridgehead atoms. The van der Waals surface area contributed by atoms with Crippen molar-refractivity contribution in [2.45, 2.75) is 11.1 Å². The third-order valence-electron chi connectivity index (χ3n) is 7.10. The fraction of sp³-hybridized carbons (Fsp3) is 0.179. The van der Waals surface area contributed by atoms with E-state index in [0.29, 0.717) is 12.1 Å². The second-order valence-corrected chi connectivity index (χ2v) is 11.4. The SMILES string of the molecule is NC(=NS(=O)(=O)c1ccccc1C(F)(F)F)N1CCN(c2cc3c(cc2F)c(=O)c(C(=O)O)cn3-c2ccc(F)cc2F)CC1. The van der Waals surface area contributed by atoms with Crippen molar-refractivity contribution < 1.29 is 44.7 Å². The van der Waals surface area contributed by atoms with E-state index >= 15 is 4.39 Å². The topological polar surface area (TPSA) is 138 Å². The molecule has 0 unspecified atom stereocenters. The van der Waals surface area contributed by atoms with E-state index in [1.165, 1.54) is 15.9 Å². The number of nitrogens with zero attached hydrogens (tertiary/aromatic N) is 4. The molecule has 0 radical (unpaired) electrons. The molecule has 0 spiro atoms. The second-order valence-electron chi connectivity index (χ2n) is 9.86. The van der Waals surface area contributed by atoms with Crippen molar-refractivity contribution in [2.24, 2.45) is 10.1 Å². The quantitative estimate of drug-likeness (QED) is 0.188. The molecule has 0 atom stereocenters. The highest BCUT2D eigenvalue weighted by molar-refractivity contribution is 7.90. The molecule has 0 aliphatic carbocycles. The van der Waals surface area contributed by atoms with E-state index < -0.39 is 67.0 Å². The molecule has 0 saturated carbocycles. The molecule has 10 nitrogen and oxygen atoms in total. The number of anilines is 1. The van der Waals surface area contributed by atoms with Crippen LogP contribution in [0.15, 0.2) is 74.9 Å². The van der Waals surface area contributed by atoms with Crippen LogP contribution in [0.25, 0.3) is 16.6 Å². The number of carboxylic acid groups (broad SMARTS) is 1. The monoisotopic (exact) mass is 653 g/mol. The minimum atomic E-state index is -4.97. The molecule has 2 heterocycles. The number of carbonyl (C=O) groups is 1. The van der Waals surface area contributed by atoms with E-state index in [2.05, 4.69) is 4.40 Å². The summed E-state index contributed by atoms with van der Waals surface area (Å²) >= 11 is 0. The number of carboxylic acids is 1. The van der Waals surface area contributed by atoms with Gasteiger partial charge in [-0.25, -0.2) is 18.0 Å². The first kappa shape index (κ1) is 31.4. The Labute approximate surface area is 250 Å². The number of aromatic carboxylic acids is 1. The van der Waals surface area contributed by atoms with E-state index in [1.54, 1.807) is 0 Å². The van der Waals surface area contributed by atoms with Crippen LogP contribution in [-0.2, 0) is 16.2 Å². The number of sulfonamides is 1. The first-order valence-electron chi connectivity index (χ1n) is 12.9. The van der Waals surface area contributed by atoms with Gasteiger partial charge in [-0.2, -0.15) is 21.6 Å². The van der Waals surface area contributed by atoms with Gasteiger partial charge in [0.1, 0.15) is 27.9 Å². The molecular formula is C28H21F6N5O5S. The standard InChI is InChI=1S/C28H21F6N5O5S/c29-15-5-6-21(19(30)11-15)39-14-17(26(41)42)25(40)16-12-20(31)23(13-22(16)39)37-7-9-38(10-8-37)27(35)36-45(43,44)24-4-2-1-3-18(24)28(32,33)34/h1-6,11-14H,7-10H2,(H2,35,36)(H,41,42). The number of aromatic nitrogens is 1. The maximum Gasteiger partial charge on any atom is 0.417 e. The van der Waals surface area contributed by atoms with E-state index in [0.717, 1.165) is 47.2 Å². The number of alkyl halides is 3. The lowest BCUT2D eigenvalue weighted by Gasteiger charge is -2.36. The normalized spacial score (nSPS) is 14.7. The number of fused-ring (bicyclic) bond motifs is 1.